The summed E-state index contributed by atoms with van der Waals surface area (Å²) in [6.45, 7) is 2.93. The Hall–Kier alpha value is -0.740. The fraction of sp³-hybridized carbons (Fsp3) is 0.625. The van der Waals surface area contributed by atoms with Crippen LogP contribution in [0.25, 0.3) is 0 Å². The largest absolute Gasteiger partial charge is 0.368 e. The molecule has 0 aliphatic heterocycles. The average Bonchev–Trinajstić information content (AvgIpc) is 3.26. The lowest BCUT2D eigenvalue weighted by Gasteiger charge is -2.29. The molecule has 1 aliphatic carbocycles. The minimum atomic E-state index is -0.109. The number of halogens is 1. The SMILES string of the molecule is CCC(CSC)N(C)c1ccc(CNC2CC2)cc1F. The van der Waals surface area contributed by atoms with Gasteiger partial charge in [-0.05, 0) is 43.2 Å². The van der Waals surface area contributed by atoms with Crippen LogP contribution in [0.3, 0.4) is 0 Å². The minimum Gasteiger partial charge on any atom is -0.368 e. The first-order valence-electron chi connectivity index (χ1n) is 7.39. The van der Waals surface area contributed by atoms with Crippen molar-refractivity contribution in [3.63, 3.8) is 0 Å². The molecular formula is C16H25FN2S. The van der Waals surface area contributed by atoms with Gasteiger partial charge < -0.3 is 10.2 Å². The second kappa shape index (κ2) is 7.32. The highest BCUT2D eigenvalue weighted by Crippen LogP contribution is 2.24. The van der Waals surface area contributed by atoms with Crippen molar-refractivity contribution >= 4 is 17.4 Å². The Balaban J connectivity index is 2.02. The topological polar surface area (TPSA) is 15.3 Å². The zero-order valence-electron chi connectivity index (χ0n) is 12.7. The van der Waals surface area contributed by atoms with Crippen molar-refractivity contribution in [2.75, 3.05) is 24.0 Å². The molecule has 20 heavy (non-hydrogen) atoms. The van der Waals surface area contributed by atoms with Gasteiger partial charge in [0, 0.05) is 31.4 Å². The third-order valence-corrected chi connectivity index (χ3v) is 4.66. The van der Waals surface area contributed by atoms with Crippen molar-refractivity contribution < 1.29 is 4.39 Å². The molecule has 1 atom stereocenters. The Labute approximate surface area is 126 Å². The van der Waals surface area contributed by atoms with Crippen LogP contribution in [0.15, 0.2) is 18.2 Å². The second-order valence-electron chi connectivity index (χ2n) is 5.57. The molecular weight excluding hydrogens is 271 g/mol. The highest BCUT2D eigenvalue weighted by atomic mass is 32.2. The van der Waals surface area contributed by atoms with Crippen LogP contribution in [0.1, 0.15) is 31.7 Å². The van der Waals surface area contributed by atoms with Gasteiger partial charge in [-0.1, -0.05) is 13.0 Å². The molecule has 0 radical (unpaired) electrons. The number of benzene rings is 1. The first-order valence-corrected chi connectivity index (χ1v) is 8.78. The molecule has 0 saturated heterocycles. The Morgan fingerprint density at radius 1 is 1.45 bits per heavy atom. The van der Waals surface area contributed by atoms with Crippen LogP contribution in [0, 0.1) is 5.82 Å². The average molecular weight is 296 g/mol. The van der Waals surface area contributed by atoms with Gasteiger partial charge in [0.05, 0.1) is 5.69 Å². The predicted molar refractivity (Wildman–Crippen MR) is 87.1 cm³/mol. The lowest BCUT2D eigenvalue weighted by molar-refractivity contribution is 0.597. The second-order valence-corrected chi connectivity index (χ2v) is 6.48. The van der Waals surface area contributed by atoms with Crippen LogP contribution in [0.2, 0.25) is 0 Å². The molecule has 0 heterocycles. The zero-order valence-corrected chi connectivity index (χ0v) is 13.5. The van der Waals surface area contributed by atoms with Crippen LogP contribution < -0.4 is 10.2 Å². The monoisotopic (exact) mass is 296 g/mol. The molecule has 1 fully saturated rings. The molecule has 1 unspecified atom stereocenters. The van der Waals surface area contributed by atoms with Gasteiger partial charge in [-0.3, -0.25) is 0 Å². The molecule has 1 aliphatic rings. The van der Waals surface area contributed by atoms with E-state index >= 15 is 0 Å². The Morgan fingerprint density at radius 2 is 2.20 bits per heavy atom. The van der Waals surface area contributed by atoms with Crippen LogP contribution in [-0.2, 0) is 6.54 Å². The molecule has 1 N–H and O–H groups in total. The molecule has 4 heteroatoms. The van der Waals surface area contributed by atoms with E-state index in [4.69, 9.17) is 0 Å². The van der Waals surface area contributed by atoms with E-state index in [9.17, 15) is 4.39 Å². The van der Waals surface area contributed by atoms with Crippen molar-refractivity contribution in [2.24, 2.45) is 0 Å². The van der Waals surface area contributed by atoms with Crippen molar-refractivity contribution in [1.29, 1.82) is 0 Å². The van der Waals surface area contributed by atoms with Crippen LogP contribution >= 0.6 is 11.8 Å². The smallest absolute Gasteiger partial charge is 0.146 e. The van der Waals surface area contributed by atoms with Gasteiger partial charge in [-0.2, -0.15) is 11.8 Å². The van der Waals surface area contributed by atoms with E-state index in [0.29, 0.717) is 17.8 Å². The predicted octanol–water partition coefficient (Wildman–Crippen LogP) is 3.66. The van der Waals surface area contributed by atoms with Gasteiger partial charge >= 0.3 is 0 Å². The number of hydrogen-bond donors (Lipinski definition) is 1. The number of thioether (sulfide) groups is 1. The summed E-state index contributed by atoms with van der Waals surface area (Å²) < 4.78 is 14.3. The van der Waals surface area contributed by atoms with Crippen molar-refractivity contribution in [3.05, 3.63) is 29.6 Å². The first kappa shape index (κ1) is 15.6. The summed E-state index contributed by atoms with van der Waals surface area (Å²) in [7, 11) is 1.99. The van der Waals surface area contributed by atoms with E-state index in [0.717, 1.165) is 24.3 Å². The lowest BCUT2D eigenvalue weighted by Crippen LogP contribution is -2.33. The van der Waals surface area contributed by atoms with Crippen LogP contribution in [-0.4, -0.2) is 31.1 Å². The lowest BCUT2D eigenvalue weighted by atomic mass is 10.1. The molecule has 0 spiro atoms. The Kier molecular flexibility index (Phi) is 5.73. The molecule has 1 aromatic rings. The summed E-state index contributed by atoms with van der Waals surface area (Å²) in [6.07, 6.45) is 5.65. The molecule has 1 aromatic carbocycles. The zero-order chi connectivity index (χ0) is 14.5. The highest BCUT2D eigenvalue weighted by Gasteiger charge is 2.20. The molecule has 1 saturated carbocycles. The van der Waals surface area contributed by atoms with E-state index < -0.39 is 0 Å². The number of hydrogen-bond acceptors (Lipinski definition) is 3. The highest BCUT2D eigenvalue weighted by molar-refractivity contribution is 7.98. The standard InChI is InChI=1S/C16H25FN2S/c1-4-14(11-20-3)19(2)16-8-5-12(9-15(16)17)10-18-13-6-7-13/h5,8-9,13-14,18H,4,6-7,10-11H2,1-3H3. The maximum absolute atomic E-state index is 14.3. The minimum absolute atomic E-state index is 0.109. The van der Waals surface area contributed by atoms with Gasteiger partial charge in [-0.15, -0.1) is 0 Å². The van der Waals surface area contributed by atoms with Gasteiger partial charge in [0.15, 0.2) is 0 Å². The Morgan fingerprint density at radius 3 is 2.75 bits per heavy atom. The number of nitrogens with one attached hydrogen (secondary N) is 1. The summed E-state index contributed by atoms with van der Waals surface area (Å²) >= 11 is 1.81. The third-order valence-electron chi connectivity index (χ3n) is 3.94. The first-order chi connectivity index (χ1) is 9.65. The number of anilines is 1. The van der Waals surface area contributed by atoms with E-state index in [1.807, 2.05) is 30.9 Å². The van der Waals surface area contributed by atoms with E-state index in [-0.39, 0.29) is 5.82 Å². The summed E-state index contributed by atoms with van der Waals surface area (Å²) in [5, 5.41) is 3.42. The van der Waals surface area contributed by atoms with E-state index in [1.165, 1.54) is 12.8 Å². The van der Waals surface area contributed by atoms with Crippen LogP contribution in [0.4, 0.5) is 10.1 Å². The van der Waals surface area contributed by atoms with Gasteiger partial charge in [-0.25, -0.2) is 4.39 Å². The fourth-order valence-electron chi connectivity index (χ4n) is 2.39. The summed E-state index contributed by atoms with van der Waals surface area (Å²) in [6, 6.07) is 6.67. The van der Waals surface area contributed by atoms with Crippen molar-refractivity contribution in [1.82, 2.24) is 5.32 Å². The summed E-state index contributed by atoms with van der Waals surface area (Å²) in [4.78, 5) is 2.07. The normalized spacial score (nSPS) is 16.2. The van der Waals surface area contributed by atoms with Crippen LogP contribution in [0.5, 0.6) is 0 Å². The summed E-state index contributed by atoms with van der Waals surface area (Å²) in [5.41, 5.74) is 1.74. The van der Waals surface area contributed by atoms with E-state index in [1.54, 1.807) is 6.07 Å². The molecule has 112 valence electrons. The van der Waals surface area contributed by atoms with E-state index in [2.05, 4.69) is 23.4 Å². The maximum Gasteiger partial charge on any atom is 0.146 e. The molecule has 2 nitrogen and oxygen atoms in total. The Bertz CT molecular complexity index is 434. The van der Waals surface area contributed by atoms with Crippen molar-refractivity contribution in [3.8, 4) is 0 Å². The van der Waals surface area contributed by atoms with Gasteiger partial charge in [0.2, 0.25) is 0 Å². The number of rotatable bonds is 8. The molecule has 0 amide bonds. The molecule has 0 bridgehead atoms. The maximum atomic E-state index is 14.3. The third kappa shape index (κ3) is 4.13. The van der Waals surface area contributed by atoms with Crippen molar-refractivity contribution in [2.45, 2.75) is 44.8 Å². The van der Waals surface area contributed by atoms with Gasteiger partial charge in [0.25, 0.3) is 0 Å². The number of nitrogens with zero attached hydrogens (tertiary/aromatic N) is 1. The molecule has 0 aromatic heterocycles. The fourth-order valence-corrected chi connectivity index (χ4v) is 3.23. The summed E-state index contributed by atoms with van der Waals surface area (Å²) in [5.74, 6) is 0.916. The van der Waals surface area contributed by atoms with Gasteiger partial charge in [0.1, 0.15) is 5.82 Å². The quantitative estimate of drug-likeness (QED) is 0.788. The molecule has 2 rings (SSSR count).